The fourth-order valence-electron chi connectivity index (χ4n) is 3.12. The number of ether oxygens (including phenoxy) is 2. The molecule has 1 aliphatic heterocycles. The van der Waals surface area contributed by atoms with Crippen LogP contribution in [0, 0.1) is 0 Å². The first kappa shape index (κ1) is 21.8. The highest BCUT2D eigenvalue weighted by Crippen LogP contribution is 2.30. The summed E-state index contributed by atoms with van der Waals surface area (Å²) in [7, 11) is 1.35. The number of likely N-dealkylation sites (tertiary alicyclic amines) is 1. The fraction of sp³-hybridized carbons (Fsp3) is 0.579. The molecule has 0 atom stereocenters. The normalized spacial score (nSPS) is 15.2. The summed E-state index contributed by atoms with van der Waals surface area (Å²) in [6.45, 7) is 1.27. The van der Waals surface area contributed by atoms with E-state index in [2.05, 4.69) is 5.32 Å². The average molecular weight is 402 g/mol. The van der Waals surface area contributed by atoms with Gasteiger partial charge in [0.1, 0.15) is 0 Å². The number of piperidine rings is 1. The van der Waals surface area contributed by atoms with E-state index in [0.29, 0.717) is 19.5 Å². The standard InChI is InChI=1S/C19H25F3N2O4/c1-13(25)23-15-7-9-24(10-8-15)18(26)6-4-14-3-5-16(17(11-14)27-2)28-12-19(20,21)22/h3,5,11,15H,4,6-10,12H2,1-2H3,(H,23,25). The van der Waals surface area contributed by atoms with E-state index in [1.54, 1.807) is 17.0 Å². The molecule has 1 N–H and O–H groups in total. The second-order valence-electron chi connectivity index (χ2n) is 6.74. The Morgan fingerprint density at radius 1 is 1.21 bits per heavy atom. The number of methoxy groups -OCH3 is 1. The Hall–Kier alpha value is -2.45. The van der Waals surface area contributed by atoms with Gasteiger partial charge in [0.05, 0.1) is 7.11 Å². The predicted molar refractivity (Wildman–Crippen MR) is 96.3 cm³/mol. The van der Waals surface area contributed by atoms with Gasteiger partial charge in [-0.2, -0.15) is 13.2 Å². The van der Waals surface area contributed by atoms with Crippen LogP contribution in [0.4, 0.5) is 13.2 Å². The zero-order chi connectivity index (χ0) is 20.7. The van der Waals surface area contributed by atoms with Crippen molar-refractivity contribution in [3.8, 4) is 11.5 Å². The van der Waals surface area contributed by atoms with Gasteiger partial charge in [0.25, 0.3) is 0 Å². The van der Waals surface area contributed by atoms with Crippen LogP contribution in [-0.4, -0.2) is 55.7 Å². The third-order valence-electron chi connectivity index (χ3n) is 4.50. The molecule has 1 fully saturated rings. The van der Waals surface area contributed by atoms with Crippen LogP contribution in [0.5, 0.6) is 11.5 Å². The first-order valence-electron chi connectivity index (χ1n) is 9.09. The minimum atomic E-state index is -4.43. The van der Waals surface area contributed by atoms with Gasteiger partial charge >= 0.3 is 6.18 Å². The minimum Gasteiger partial charge on any atom is -0.493 e. The average Bonchev–Trinajstić information content (AvgIpc) is 2.64. The summed E-state index contributed by atoms with van der Waals surface area (Å²) in [5.74, 6) is 0.152. The maximum atomic E-state index is 12.4. The van der Waals surface area contributed by atoms with Gasteiger partial charge in [-0.3, -0.25) is 9.59 Å². The molecule has 0 spiro atoms. The molecule has 156 valence electrons. The first-order chi connectivity index (χ1) is 13.2. The van der Waals surface area contributed by atoms with Gasteiger partial charge in [0.2, 0.25) is 11.8 Å². The number of aryl methyl sites for hydroxylation is 1. The summed E-state index contributed by atoms with van der Waals surface area (Å²) in [6.07, 6.45) is -2.24. The van der Waals surface area contributed by atoms with Gasteiger partial charge in [-0.1, -0.05) is 6.07 Å². The molecule has 0 aliphatic carbocycles. The third-order valence-corrected chi connectivity index (χ3v) is 4.50. The molecule has 0 saturated carbocycles. The summed E-state index contributed by atoms with van der Waals surface area (Å²) in [5.41, 5.74) is 0.776. The molecule has 1 saturated heterocycles. The minimum absolute atomic E-state index is 0.00921. The Morgan fingerprint density at radius 2 is 1.89 bits per heavy atom. The third kappa shape index (κ3) is 6.94. The van der Waals surface area contributed by atoms with Crippen molar-refractivity contribution in [2.75, 3.05) is 26.8 Å². The number of benzene rings is 1. The highest BCUT2D eigenvalue weighted by atomic mass is 19.4. The first-order valence-corrected chi connectivity index (χ1v) is 9.09. The number of nitrogens with zero attached hydrogens (tertiary/aromatic N) is 1. The highest BCUT2D eigenvalue weighted by Gasteiger charge is 2.29. The summed E-state index contributed by atoms with van der Waals surface area (Å²) >= 11 is 0. The SMILES string of the molecule is COc1cc(CCC(=O)N2CCC(NC(C)=O)CC2)ccc1OCC(F)(F)F. The number of hydrogen-bond donors (Lipinski definition) is 1. The number of amides is 2. The smallest absolute Gasteiger partial charge is 0.422 e. The molecule has 1 aromatic carbocycles. The summed E-state index contributed by atoms with van der Waals surface area (Å²) in [6, 6.07) is 4.74. The molecule has 2 rings (SSSR count). The lowest BCUT2D eigenvalue weighted by molar-refractivity contribution is -0.153. The maximum absolute atomic E-state index is 12.4. The van der Waals surface area contributed by atoms with Crippen molar-refractivity contribution >= 4 is 11.8 Å². The van der Waals surface area contributed by atoms with Crippen molar-refractivity contribution in [1.82, 2.24) is 10.2 Å². The maximum Gasteiger partial charge on any atom is 0.422 e. The molecule has 1 aliphatic rings. The van der Waals surface area contributed by atoms with E-state index < -0.39 is 12.8 Å². The van der Waals surface area contributed by atoms with Crippen LogP contribution in [0.25, 0.3) is 0 Å². The van der Waals surface area contributed by atoms with E-state index in [4.69, 9.17) is 9.47 Å². The van der Waals surface area contributed by atoms with Crippen molar-refractivity contribution in [3.05, 3.63) is 23.8 Å². The van der Waals surface area contributed by atoms with Gasteiger partial charge < -0.3 is 19.7 Å². The number of rotatable bonds is 7. The molecule has 0 bridgehead atoms. The van der Waals surface area contributed by atoms with Crippen LogP contribution in [-0.2, 0) is 16.0 Å². The van der Waals surface area contributed by atoms with Crippen LogP contribution >= 0.6 is 0 Å². The van der Waals surface area contributed by atoms with Crippen LogP contribution in [0.2, 0.25) is 0 Å². The van der Waals surface area contributed by atoms with E-state index in [1.165, 1.54) is 20.1 Å². The Kier molecular flexibility index (Phi) is 7.53. The second-order valence-corrected chi connectivity index (χ2v) is 6.74. The Balaban J connectivity index is 1.85. The second kappa shape index (κ2) is 9.66. The van der Waals surface area contributed by atoms with Crippen molar-refractivity contribution in [3.63, 3.8) is 0 Å². The van der Waals surface area contributed by atoms with Crippen molar-refractivity contribution in [2.45, 2.75) is 44.8 Å². The number of nitrogens with one attached hydrogen (secondary N) is 1. The quantitative estimate of drug-likeness (QED) is 0.762. The zero-order valence-corrected chi connectivity index (χ0v) is 16.0. The molecule has 2 amide bonds. The monoisotopic (exact) mass is 402 g/mol. The fourth-order valence-corrected chi connectivity index (χ4v) is 3.12. The molecule has 1 heterocycles. The zero-order valence-electron chi connectivity index (χ0n) is 16.0. The molecule has 1 aromatic rings. The molecule has 0 unspecified atom stereocenters. The number of halogens is 3. The summed E-state index contributed by atoms with van der Waals surface area (Å²) < 4.78 is 46.7. The van der Waals surface area contributed by atoms with Crippen molar-refractivity contribution < 1.29 is 32.2 Å². The van der Waals surface area contributed by atoms with E-state index in [1.807, 2.05) is 0 Å². The summed E-state index contributed by atoms with van der Waals surface area (Å²) in [5, 5.41) is 2.86. The highest BCUT2D eigenvalue weighted by molar-refractivity contribution is 5.77. The van der Waals surface area contributed by atoms with Crippen molar-refractivity contribution in [1.29, 1.82) is 0 Å². The van der Waals surface area contributed by atoms with Gasteiger partial charge in [-0.25, -0.2) is 0 Å². The molecule has 6 nitrogen and oxygen atoms in total. The lowest BCUT2D eigenvalue weighted by atomic mass is 10.0. The van der Waals surface area contributed by atoms with Crippen molar-refractivity contribution in [2.24, 2.45) is 0 Å². The van der Waals surface area contributed by atoms with E-state index in [9.17, 15) is 22.8 Å². The Morgan fingerprint density at radius 3 is 2.46 bits per heavy atom. The van der Waals surface area contributed by atoms with Gasteiger partial charge in [0, 0.05) is 32.5 Å². The lowest BCUT2D eigenvalue weighted by Crippen LogP contribution is -2.46. The predicted octanol–water partition coefficient (Wildman–Crippen LogP) is 2.70. The van der Waals surface area contributed by atoms with Gasteiger partial charge in [0.15, 0.2) is 18.1 Å². The van der Waals surface area contributed by atoms with Gasteiger partial charge in [-0.15, -0.1) is 0 Å². The van der Waals surface area contributed by atoms with E-state index in [-0.39, 0.29) is 35.8 Å². The molecule has 28 heavy (non-hydrogen) atoms. The number of carbonyl (C=O) groups is 2. The topological polar surface area (TPSA) is 67.9 Å². The van der Waals surface area contributed by atoms with Gasteiger partial charge in [-0.05, 0) is 37.0 Å². The summed E-state index contributed by atoms with van der Waals surface area (Å²) in [4.78, 5) is 25.3. The molecular weight excluding hydrogens is 377 g/mol. The number of hydrogen-bond acceptors (Lipinski definition) is 4. The Labute approximate surface area is 162 Å². The van der Waals surface area contributed by atoms with Crippen LogP contribution < -0.4 is 14.8 Å². The van der Waals surface area contributed by atoms with Crippen LogP contribution in [0.15, 0.2) is 18.2 Å². The molecule has 0 aromatic heterocycles. The number of carbonyl (C=O) groups excluding carboxylic acids is 2. The largest absolute Gasteiger partial charge is 0.493 e. The van der Waals surface area contributed by atoms with Crippen LogP contribution in [0.1, 0.15) is 31.7 Å². The van der Waals surface area contributed by atoms with E-state index in [0.717, 1.165) is 18.4 Å². The molecular formula is C19H25F3N2O4. The Bertz CT molecular complexity index is 686. The lowest BCUT2D eigenvalue weighted by Gasteiger charge is -2.32. The van der Waals surface area contributed by atoms with Crippen LogP contribution in [0.3, 0.4) is 0 Å². The molecule has 0 radical (unpaired) electrons. The molecule has 9 heteroatoms. The number of alkyl halides is 3. The van der Waals surface area contributed by atoms with E-state index >= 15 is 0 Å².